The number of nitrogens with one attached hydrogen (secondary N) is 2. The molecule has 0 bridgehead atoms. The third kappa shape index (κ3) is 5.30. The molecule has 2 aromatic heterocycles. The zero-order valence-corrected chi connectivity index (χ0v) is 19.1. The number of ether oxygens (including phenoxy) is 1. The number of nitrogens with zero attached hydrogens (tertiary/aromatic N) is 4. The average molecular weight is 482 g/mol. The van der Waals surface area contributed by atoms with Crippen molar-refractivity contribution in [2.45, 2.75) is 32.0 Å². The highest BCUT2D eigenvalue weighted by atomic mass is 32.1. The van der Waals surface area contributed by atoms with Gasteiger partial charge in [-0.3, -0.25) is 4.98 Å². The summed E-state index contributed by atoms with van der Waals surface area (Å²) in [5.74, 6) is -0.719. The first-order chi connectivity index (χ1) is 15.3. The molecule has 0 fully saturated rings. The van der Waals surface area contributed by atoms with Crippen LogP contribution in [0.25, 0.3) is 0 Å². The van der Waals surface area contributed by atoms with E-state index in [1.165, 1.54) is 7.05 Å². The summed E-state index contributed by atoms with van der Waals surface area (Å²) in [4.78, 5) is 25.7. The van der Waals surface area contributed by atoms with E-state index in [-0.39, 0.29) is 22.3 Å². The fourth-order valence-electron chi connectivity index (χ4n) is 3.20. The van der Waals surface area contributed by atoms with Gasteiger partial charge in [-0.25, -0.2) is 14.8 Å². The second-order valence-electron chi connectivity index (χ2n) is 7.88. The van der Waals surface area contributed by atoms with Crippen LogP contribution in [0.3, 0.4) is 0 Å². The Kier molecular flexibility index (Phi) is 6.45. The number of thiocarbonyl (C=S) groups is 1. The largest absolute Gasteiger partial charge is 0.418 e. The number of pyridine rings is 2. The Morgan fingerprint density at radius 3 is 2.64 bits per heavy atom. The predicted octanol–water partition coefficient (Wildman–Crippen LogP) is 3.09. The van der Waals surface area contributed by atoms with Gasteiger partial charge in [0.05, 0.1) is 17.4 Å². The number of hydrogen-bond acceptors (Lipinski definition) is 6. The van der Waals surface area contributed by atoms with Gasteiger partial charge < -0.3 is 26.0 Å². The first-order valence-corrected chi connectivity index (χ1v) is 10.1. The number of alkyl halides is 3. The standard InChI is InChI=1S/C20H22F3N7O2S/c1-19(2)7-10-5-12(26-9-13(10)30(19)4)15(24)28-17(33)29-16-14(32-18(31)25-3)6-11(8-27-16)20(21,22)23/h5-6,8-9H,7H2,1-4H3,(H,25,31)(H3,24,27,28,29,33). The van der Waals surface area contributed by atoms with E-state index in [1.54, 1.807) is 6.20 Å². The molecule has 0 radical (unpaired) electrons. The number of carbonyl (C=O) groups is 1. The van der Waals surface area contributed by atoms with E-state index in [1.807, 2.05) is 13.1 Å². The predicted molar refractivity (Wildman–Crippen MR) is 122 cm³/mol. The van der Waals surface area contributed by atoms with Gasteiger partial charge in [-0.05, 0) is 50.2 Å². The lowest BCUT2D eigenvalue weighted by atomic mass is 9.99. The van der Waals surface area contributed by atoms with Gasteiger partial charge in [-0.15, -0.1) is 0 Å². The highest BCUT2D eigenvalue weighted by molar-refractivity contribution is 7.80. The highest BCUT2D eigenvalue weighted by Gasteiger charge is 2.34. The molecule has 176 valence electrons. The monoisotopic (exact) mass is 481 g/mol. The molecule has 0 aliphatic carbocycles. The molecule has 0 saturated carbocycles. The summed E-state index contributed by atoms with van der Waals surface area (Å²) in [5, 5.41) is 4.47. The molecule has 3 heterocycles. The maximum atomic E-state index is 13.0. The lowest BCUT2D eigenvalue weighted by molar-refractivity contribution is -0.137. The fraction of sp³-hybridized carbons (Fsp3) is 0.350. The molecule has 0 spiro atoms. The highest BCUT2D eigenvalue weighted by Crippen LogP contribution is 2.37. The van der Waals surface area contributed by atoms with Crippen LogP contribution >= 0.6 is 12.2 Å². The number of nitrogens with two attached hydrogens (primary N) is 1. The van der Waals surface area contributed by atoms with Crippen molar-refractivity contribution < 1.29 is 22.7 Å². The quantitative estimate of drug-likeness (QED) is 0.348. The minimum atomic E-state index is -4.68. The SMILES string of the molecule is CNC(=O)Oc1cc(C(F)(F)F)cnc1NC(=S)/N=C(\N)c1cc2c(cn1)N(C)C(C)(C)C2. The zero-order valence-electron chi connectivity index (χ0n) is 18.2. The Morgan fingerprint density at radius 1 is 1.30 bits per heavy atom. The first kappa shape index (κ1) is 24.2. The fourth-order valence-corrected chi connectivity index (χ4v) is 3.40. The number of carbonyl (C=O) groups excluding carboxylic acids is 1. The van der Waals surface area contributed by atoms with Crippen LogP contribution in [0.4, 0.5) is 29.5 Å². The van der Waals surface area contributed by atoms with Crippen molar-refractivity contribution in [3.63, 3.8) is 0 Å². The second kappa shape index (κ2) is 8.81. The van der Waals surface area contributed by atoms with Crippen molar-refractivity contribution in [1.82, 2.24) is 15.3 Å². The Labute approximate surface area is 193 Å². The maximum absolute atomic E-state index is 13.0. The normalized spacial score (nSPS) is 15.1. The summed E-state index contributed by atoms with van der Waals surface area (Å²) in [6.07, 6.45) is -2.60. The molecule has 3 rings (SSSR count). The summed E-state index contributed by atoms with van der Waals surface area (Å²) < 4.78 is 43.9. The third-order valence-corrected chi connectivity index (χ3v) is 5.35. The smallest absolute Gasteiger partial charge is 0.406 e. The van der Waals surface area contributed by atoms with Gasteiger partial charge in [0.1, 0.15) is 5.69 Å². The lowest BCUT2D eigenvalue weighted by Gasteiger charge is -2.29. The summed E-state index contributed by atoms with van der Waals surface area (Å²) in [6.45, 7) is 4.22. The van der Waals surface area contributed by atoms with Gasteiger partial charge in [0.25, 0.3) is 0 Å². The third-order valence-electron chi connectivity index (χ3n) is 5.15. The minimum Gasteiger partial charge on any atom is -0.406 e. The molecule has 4 N–H and O–H groups in total. The van der Waals surface area contributed by atoms with Gasteiger partial charge in [0, 0.05) is 25.8 Å². The zero-order chi connectivity index (χ0) is 24.6. The van der Waals surface area contributed by atoms with Gasteiger partial charge >= 0.3 is 12.3 Å². The molecular weight excluding hydrogens is 459 g/mol. The van der Waals surface area contributed by atoms with Gasteiger partial charge in [0.15, 0.2) is 17.4 Å². The Morgan fingerprint density at radius 2 is 2.00 bits per heavy atom. The van der Waals surface area contributed by atoms with Crippen molar-refractivity contribution >= 4 is 40.8 Å². The van der Waals surface area contributed by atoms with Crippen LogP contribution in [0.5, 0.6) is 5.75 Å². The number of anilines is 2. The van der Waals surface area contributed by atoms with Gasteiger partial charge in [-0.1, -0.05) is 0 Å². The van der Waals surface area contributed by atoms with Crippen LogP contribution in [-0.4, -0.2) is 46.6 Å². The van der Waals surface area contributed by atoms with E-state index in [2.05, 4.69) is 44.3 Å². The number of rotatable bonds is 3. The first-order valence-electron chi connectivity index (χ1n) is 9.67. The van der Waals surface area contributed by atoms with E-state index in [4.69, 9.17) is 22.7 Å². The van der Waals surface area contributed by atoms with Crippen molar-refractivity contribution in [3.8, 4) is 5.75 Å². The van der Waals surface area contributed by atoms with Crippen LogP contribution in [0.15, 0.2) is 29.5 Å². The summed E-state index contributed by atoms with van der Waals surface area (Å²) >= 11 is 5.14. The van der Waals surface area contributed by atoms with Crippen LogP contribution in [-0.2, 0) is 12.6 Å². The average Bonchev–Trinajstić information content (AvgIpc) is 2.96. The number of hydrogen-bond donors (Lipinski definition) is 3. The van der Waals surface area contributed by atoms with Crippen molar-refractivity contribution in [2.75, 3.05) is 24.3 Å². The van der Waals surface area contributed by atoms with E-state index >= 15 is 0 Å². The molecule has 9 nitrogen and oxygen atoms in total. The Balaban J connectivity index is 1.83. The van der Waals surface area contributed by atoms with E-state index in [9.17, 15) is 18.0 Å². The van der Waals surface area contributed by atoms with E-state index in [0.29, 0.717) is 18.0 Å². The number of amidine groups is 1. The maximum Gasteiger partial charge on any atom is 0.418 e. The van der Waals surface area contributed by atoms with Crippen LogP contribution in [0, 0.1) is 0 Å². The van der Waals surface area contributed by atoms with E-state index in [0.717, 1.165) is 17.7 Å². The second-order valence-corrected chi connectivity index (χ2v) is 8.27. The number of aliphatic imine (C=N–C) groups is 1. The molecular formula is C20H22F3N7O2S. The molecule has 0 unspecified atom stereocenters. The van der Waals surface area contributed by atoms with Crippen LogP contribution < -0.4 is 26.0 Å². The molecule has 13 heteroatoms. The number of amides is 1. The van der Waals surface area contributed by atoms with Crippen LogP contribution in [0.2, 0.25) is 0 Å². The molecule has 33 heavy (non-hydrogen) atoms. The van der Waals surface area contributed by atoms with Crippen LogP contribution in [0.1, 0.15) is 30.7 Å². The Hall–Kier alpha value is -3.48. The van der Waals surface area contributed by atoms with Crippen molar-refractivity contribution in [3.05, 3.63) is 41.3 Å². The molecule has 1 aliphatic heterocycles. The Bertz CT molecular complexity index is 1140. The molecule has 1 amide bonds. The van der Waals surface area contributed by atoms with Gasteiger partial charge in [-0.2, -0.15) is 13.2 Å². The number of likely N-dealkylation sites (N-methyl/N-ethyl adjacent to an activating group) is 1. The molecule has 0 aromatic carbocycles. The molecule has 1 aliphatic rings. The lowest BCUT2D eigenvalue weighted by Crippen LogP contribution is -2.37. The summed E-state index contributed by atoms with van der Waals surface area (Å²) in [7, 11) is 3.24. The van der Waals surface area contributed by atoms with E-state index < -0.39 is 23.6 Å². The summed E-state index contributed by atoms with van der Waals surface area (Å²) in [5.41, 5.74) is 7.31. The minimum absolute atomic E-state index is 0.00309. The number of halogens is 3. The van der Waals surface area contributed by atoms with Gasteiger partial charge in [0.2, 0.25) is 5.11 Å². The topological polar surface area (TPSA) is 118 Å². The number of fused-ring (bicyclic) bond motifs is 1. The van der Waals surface area contributed by atoms with Crippen molar-refractivity contribution in [1.29, 1.82) is 0 Å². The molecule has 0 atom stereocenters. The molecule has 0 saturated heterocycles. The van der Waals surface area contributed by atoms with Crippen molar-refractivity contribution in [2.24, 2.45) is 10.7 Å². The molecule has 2 aromatic rings. The number of aromatic nitrogens is 2. The summed E-state index contributed by atoms with van der Waals surface area (Å²) in [6, 6.07) is 2.44.